The first-order valence-electron chi connectivity index (χ1n) is 5.09. The fraction of sp³-hybridized carbons (Fsp3) is 0.182. The maximum Gasteiger partial charge on any atom is 0.264 e. The Labute approximate surface area is 100 Å². The summed E-state index contributed by atoms with van der Waals surface area (Å²) in [6.07, 6.45) is -2.67. The normalized spacial score (nSPS) is 13.3. The average Bonchev–Trinajstić information content (AvgIpc) is 2.94. The number of halogens is 2. The highest BCUT2D eigenvalue weighted by Crippen LogP contribution is 2.42. The number of fused-ring (bicyclic) bond motifs is 1. The minimum atomic E-state index is -2.67. The van der Waals surface area contributed by atoms with E-state index in [2.05, 4.69) is 5.16 Å². The Morgan fingerprint density at radius 3 is 2.50 bits per heavy atom. The highest BCUT2D eigenvalue weighted by molar-refractivity contribution is 5.69. The fourth-order valence-electron chi connectivity index (χ4n) is 1.77. The molecule has 1 aromatic carbocycles. The number of hydrogen-bond acceptors (Lipinski definition) is 5. The summed E-state index contributed by atoms with van der Waals surface area (Å²) in [5.74, 6) is 0.981. The van der Waals surface area contributed by atoms with E-state index in [9.17, 15) is 8.78 Å². The molecule has 0 saturated carbocycles. The Balaban J connectivity index is 2.17. The van der Waals surface area contributed by atoms with E-state index in [4.69, 9.17) is 19.7 Å². The van der Waals surface area contributed by atoms with E-state index < -0.39 is 6.43 Å². The van der Waals surface area contributed by atoms with Gasteiger partial charge in [-0.3, -0.25) is 0 Å². The van der Waals surface area contributed by atoms with Gasteiger partial charge in [-0.15, -0.1) is 0 Å². The van der Waals surface area contributed by atoms with Crippen LogP contribution >= 0.6 is 0 Å². The summed E-state index contributed by atoms with van der Waals surface area (Å²) in [5, 5.41) is 3.47. The van der Waals surface area contributed by atoms with Gasteiger partial charge in [0.25, 0.3) is 6.43 Å². The second-order valence-corrected chi connectivity index (χ2v) is 3.71. The van der Waals surface area contributed by atoms with Crippen molar-refractivity contribution in [1.82, 2.24) is 5.16 Å². The summed E-state index contributed by atoms with van der Waals surface area (Å²) in [6, 6.07) is 4.05. The molecule has 7 heteroatoms. The molecule has 0 radical (unpaired) electrons. The van der Waals surface area contributed by atoms with E-state index in [1.807, 2.05) is 0 Å². The Hall–Kier alpha value is -2.31. The molecule has 0 unspecified atom stereocenters. The average molecular weight is 254 g/mol. The molecule has 1 aliphatic rings. The molecular weight excluding hydrogens is 246 g/mol. The first-order chi connectivity index (χ1) is 8.65. The third-order valence-corrected chi connectivity index (χ3v) is 2.57. The predicted octanol–water partition coefficient (Wildman–Crippen LogP) is 2.59. The molecule has 0 bridgehead atoms. The van der Waals surface area contributed by atoms with E-state index in [-0.39, 0.29) is 29.5 Å². The number of nitrogen functional groups attached to an aromatic ring is 1. The van der Waals surface area contributed by atoms with Crippen LogP contribution in [0.2, 0.25) is 0 Å². The smallest absolute Gasteiger partial charge is 0.264 e. The maximum absolute atomic E-state index is 13.0. The van der Waals surface area contributed by atoms with Crippen molar-refractivity contribution in [2.75, 3.05) is 12.5 Å². The van der Waals surface area contributed by atoms with Crippen molar-refractivity contribution in [2.45, 2.75) is 6.43 Å². The highest BCUT2D eigenvalue weighted by atomic mass is 19.3. The van der Waals surface area contributed by atoms with Crippen molar-refractivity contribution in [3.05, 3.63) is 23.8 Å². The molecule has 0 aliphatic carbocycles. The van der Waals surface area contributed by atoms with Gasteiger partial charge in [0.2, 0.25) is 6.79 Å². The van der Waals surface area contributed by atoms with E-state index in [0.29, 0.717) is 11.5 Å². The minimum absolute atomic E-state index is 0.0139. The van der Waals surface area contributed by atoms with Crippen molar-refractivity contribution >= 4 is 5.82 Å². The standard InChI is InChI=1S/C11H8F2N2O3/c12-11(13)6-2-9-8(16-4-17-9)1-5(6)7-3-10(14)15-18-7/h1-3,11H,4H2,(H2,14,15). The van der Waals surface area contributed by atoms with E-state index >= 15 is 0 Å². The van der Waals surface area contributed by atoms with Gasteiger partial charge in [-0.05, 0) is 12.1 Å². The Kier molecular flexibility index (Phi) is 2.32. The summed E-state index contributed by atoms with van der Waals surface area (Å²) in [6.45, 7) is 0.0139. The number of rotatable bonds is 2. The van der Waals surface area contributed by atoms with Crippen LogP contribution in [0.4, 0.5) is 14.6 Å². The maximum atomic E-state index is 13.0. The van der Waals surface area contributed by atoms with Gasteiger partial charge < -0.3 is 19.7 Å². The van der Waals surface area contributed by atoms with Crippen LogP contribution < -0.4 is 15.2 Å². The third-order valence-electron chi connectivity index (χ3n) is 2.57. The summed E-state index contributed by atoms with van der Waals surface area (Å²) in [7, 11) is 0. The molecule has 3 rings (SSSR count). The van der Waals surface area contributed by atoms with Crippen molar-refractivity contribution in [3.8, 4) is 22.8 Å². The van der Waals surface area contributed by atoms with Gasteiger partial charge in [-0.1, -0.05) is 5.16 Å². The number of nitrogens with two attached hydrogens (primary N) is 1. The van der Waals surface area contributed by atoms with Crippen LogP contribution in [0.25, 0.3) is 11.3 Å². The molecule has 0 atom stereocenters. The Morgan fingerprint density at radius 2 is 1.89 bits per heavy atom. The zero-order valence-corrected chi connectivity index (χ0v) is 9.02. The van der Waals surface area contributed by atoms with Crippen molar-refractivity contribution in [3.63, 3.8) is 0 Å². The SMILES string of the molecule is Nc1cc(-c2cc3c(cc2C(F)F)OCO3)on1. The minimum Gasteiger partial charge on any atom is -0.454 e. The largest absolute Gasteiger partial charge is 0.454 e. The third kappa shape index (κ3) is 1.64. The van der Waals surface area contributed by atoms with Gasteiger partial charge in [0, 0.05) is 17.2 Å². The lowest BCUT2D eigenvalue weighted by Gasteiger charge is -2.07. The molecule has 2 heterocycles. The zero-order valence-electron chi connectivity index (χ0n) is 9.02. The van der Waals surface area contributed by atoms with Crippen LogP contribution in [0, 0.1) is 0 Å². The number of nitrogens with zero attached hydrogens (tertiary/aromatic N) is 1. The number of benzene rings is 1. The van der Waals surface area contributed by atoms with E-state index in [1.165, 1.54) is 18.2 Å². The van der Waals surface area contributed by atoms with Crippen LogP contribution in [-0.4, -0.2) is 11.9 Å². The first kappa shape index (κ1) is 10.8. The van der Waals surface area contributed by atoms with Crippen molar-refractivity contribution < 1.29 is 22.8 Å². The lowest BCUT2D eigenvalue weighted by molar-refractivity contribution is 0.151. The highest BCUT2D eigenvalue weighted by Gasteiger charge is 2.24. The zero-order chi connectivity index (χ0) is 12.7. The summed E-state index contributed by atoms with van der Waals surface area (Å²) in [4.78, 5) is 0. The van der Waals surface area contributed by atoms with Gasteiger partial charge in [0.05, 0.1) is 0 Å². The molecule has 1 aliphatic heterocycles. The molecule has 5 nitrogen and oxygen atoms in total. The summed E-state index contributed by atoms with van der Waals surface area (Å²) in [5.41, 5.74) is 5.39. The number of anilines is 1. The van der Waals surface area contributed by atoms with Crippen LogP contribution in [-0.2, 0) is 0 Å². The molecule has 2 aromatic rings. The molecule has 2 N–H and O–H groups in total. The van der Waals surface area contributed by atoms with Crippen LogP contribution in [0.15, 0.2) is 22.7 Å². The van der Waals surface area contributed by atoms with Crippen LogP contribution in [0.1, 0.15) is 12.0 Å². The lowest BCUT2D eigenvalue weighted by Crippen LogP contribution is -1.92. The number of hydrogen-bond donors (Lipinski definition) is 1. The number of alkyl halides is 2. The molecular formula is C11H8F2N2O3. The molecule has 1 aromatic heterocycles. The Morgan fingerprint density at radius 1 is 1.17 bits per heavy atom. The van der Waals surface area contributed by atoms with E-state index in [1.54, 1.807) is 0 Å². The molecule has 0 amide bonds. The van der Waals surface area contributed by atoms with Gasteiger partial charge in [0.15, 0.2) is 23.1 Å². The van der Waals surface area contributed by atoms with Gasteiger partial charge in [-0.25, -0.2) is 8.78 Å². The predicted molar refractivity (Wildman–Crippen MR) is 57.4 cm³/mol. The molecule has 0 spiro atoms. The summed E-state index contributed by atoms with van der Waals surface area (Å²) >= 11 is 0. The topological polar surface area (TPSA) is 70.5 Å². The monoisotopic (exact) mass is 254 g/mol. The van der Waals surface area contributed by atoms with Crippen molar-refractivity contribution in [1.29, 1.82) is 0 Å². The Bertz CT molecular complexity index is 598. The van der Waals surface area contributed by atoms with Gasteiger partial charge in [-0.2, -0.15) is 0 Å². The second-order valence-electron chi connectivity index (χ2n) is 3.71. The van der Waals surface area contributed by atoms with Crippen LogP contribution in [0.3, 0.4) is 0 Å². The van der Waals surface area contributed by atoms with Gasteiger partial charge in [0.1, 0.15) is 0 Å². The lowest BCUT2D eigenvalue weighted by atomic mass is 10.0. The molecule has 94 valence electrons. The molecule has 18 heavy (non-hydrogen) atoms. The van der Waals surface area contributed by atoms with Crippen LogP contribution in [0.5, 0.6) is 11.5 Å². The second kappa shape index (κ2) is 3.86. The quantitative estimate of drug-likeness (QED) is 0.891. The van der Waals surface area contributed by atoms with E-state index in [0.717, 1.165) is 0 Å². The molecule has 0 saturated heterocycles. The number of ether oxygens (including phenoxy) is 2. The molecule has 0 fully saturated rings. The summed E-state index contributed by atoms with van der Waals surface area (Å²) < 4.78 is 41.1. The number of aromatic nitrogens is 1. The van der Waals surface area contributed by atoms with Gasteiger partial charge >= 0.3 is 0 Å². The fourth-order valence-corrected chi connectivity index (χ4v) is 1.77. The first-order valence-corrected chi connectivity index (χ1v) is 5.09. The van der Waals surface area contributed by atoms with Crippen molar-refractivity contribution in [2.24, 2.45) is 0 Å².